The lowest BCUT2D eigenvalue weighted by molar-refractivity contribution is -0.384. The van der Waals surface area contributed by atoms with Crippen LogP contribution in [0, 0.1) is 10.1 Å². The van der Waals surface area contributed by atoms with Crippen molar-refractivity contribution in [2.24, 2.45) is 0 Å². The molecule has 2 aromatic carbocycles. The van der Waals surface area contributed by atoms with Crippen LogP contribution in [0.2, 0.25) is 0 Å². The number of hydrogen-bond acceptors (Lipinski definition) is 5. The van der Waals surface area contributed by atoms with E-state index in [1.165, 1.54) is 0 Å². The maximum absolute atomic E-state index is 12.0. The van der Waals surface area contributed by atoms with Crippen LogP contribution in [0.3, 0.4) is 0 Å². The zero-order chi connectivity index (χ0) is 17.5. The number of aromatic hydroxyl groups is 1. The van der Waals surface area contributed by atoms with Gasteiger partial charge in [0.25, 0.3) is 11.6 Å². The van der Waals surface area contributed by atoms with Gasteiger partial charge in [0.2, 0.25) is 0 Å². The number of ketones is 1. The Morgan fingerprint density at radius 1 is 1.12 bits per heavy atom. The molecule has 0 atom stereocenters. The van der Waals surface area contributed by atoms with Crippen molar-refractivity contribution in [1.29, 1.82) is 0 Å². The number of amides is 1. The quantitative estimate of drug-likeness (QED) is 0.351. The average Bonchev–Trinajstić information content (AvgIpc) is 2.59. The molecule has 2 aromatic rings. The number of benzene rings is 2. The lowest BCUT2D eigenvalue weighted by atomic mass is 10.1. The highest BCUT2D eigenvalue weighted by Crippen LogP contribution is 2.22. The molecular weight excluding hydrogens is 312 g/mol. The van der Waals surface area contributed by atoms with Crippen LogP contribution in [0.4, 0.5) is 5.69 Å². The minimum absolute atomic E-state index is 0.0250. The van der Waals surface area contributed by atoms with Crippen molar-refractivity contribution in [2.45, 2.75) is 12.8 Å². The summed E-state index contributed by atoms with van der Waals surface area (Å²) >= 11 is 0. The number of non-ortho nitro benzene ring substituents is 1. The number of hydrogen-bond donors (Lipinski definition) is 2. The Morgan fingerprint density at radius 2 is 1.83 bits per heavy atom. The summed E-state index contributed by atoms with van der Waals surface area (Å²) < 4.78 is 0. The predicted molar refractivity (Wildman–Crippen MR) is 87.1 cm³/mol. The first-order valence-electron chi connectivity index (χ1n) is 7.33. The summed E-state index contributed by atoms with van der Waals surface area (Å²) in [5, 5.41) is 22.9. The molecular formula is C17H16N2O5. The van der Waals surface area contributed by atoms with Gasteiger partial charge in [0.05, 0.1) is 10.5 Å². The number of nitrogens with one attached hydrogen (secondary N) is 1. The Labute approximate surface area is 138 Å². The molecule has 7 nitrogen and oxygen atoms in total. The zero-order valence-electron chi connectivity index (χ0n) is 12.8. The summed E-state index contributed by atoms with van der Waals surface area (Å²) in [5.41, 5.74) is 0.163. The molecule has 0 saturated heterocycles. The van der Waals surface area contributed by atoms with Gasteiger partial charge < -0.3 is 10.4 Å². The van der Waals surface area contributed by atoms with Gasteiger partial charge >= 0.3 is 0 Å². The van der Waals surface area contributed by atoms with Gasteiger partial charge in [-0.05, 0) is 12.5 Å². The summed E-state index contributed by atoms with van der Waals surface area (Å²) in [4.78, 5) is 33.9. The maximum Gasteiger partial charge on any atom is 0.270 e. The largest absolute Gasteiger partial charge is 0.507 e. The van der Waals surface area contributed by atoms with E-state index >= 15 is 0 Å². The van der Waals surface area contributed by atoms with E-state index in [1.54, 1.807) is 24.3 Å². The van der Waals surface area contributed by atoms with Crippen molar-refractivity contribution >= 4 is 17.4 Å². The van der Waals surface area contributed by atoms with Crippen LogP contribution in [0.5, 0.6) is 5.75 Å². The monoisotopic (exact) mass is 328 g/mol. The Kier molecular flexibility index (Phi) is 5.62. The number of phenolic OH excluding ortho intramolecular Hbond substituents is 1. The third-order valence-corrected chi connectivity index (χ3v) is 3.40. The molecule has 0 saturated carbocycles. The summed E-state index contributed by atoms with van der Waals surface area (Å²) in [6.45, 7) is 0.222. The number of nitrogens with zero attached hydrogens (tertiary/aromatic N) is 1. The van der Waals surface area contributed by atoms with Crippen LogP contribution < -0.4 is 5.32 Å². The Balaban J connectivity index is 1.86. The van der Waals surface area contributed by atoms with E-state index in [9.17, 15) is 24.8 Å². The molecule has 24 heavy (non-hydrogen) atoms. The van der Waals surface area contributed by atoms with Crippen LogP contribution >= 0.6 is 0 Å². The van der Waals surface area contributed by atoms with E-state index in [2.05, 4.69) is 5.32 Å². The van der Waals surface area contributed by atoms with Crippen molar-refractivity contribution in [3.8, 4) is 5.75 Å². The highest BCUT2D eigenvalue weighted by Gasteiger charge is 2.16. The minimum Gasteiger partial charge on any atom is -0.507 e. The molecule has 2 N–H and O–H groups in total. The number of carbonyl (C=O) groups excluding carboxylic acids is 2. The Hall–Kier alpha value is -3.22. The van der Waals surface area contributed by atoms with Gasteiger partial charge in [-0.15, -0.1) is 0 Å². The van der Waals surface area contributed by atoms with Gasteiger partial charge in [-0.3, -0.25) is 19.7 Å². The fourth-order valence-electron chi connectivity index (χ4n) is 2.13. The van der Waals surface area contributed by atoms with Gasteiger partial charge in [0.15, 0.2) is 5.78 Å². The number of carbonyl (C=O) groups is 2. The highest BCUT2D eigenvalue weighted by molar-refractivity contribution is 5.98. The molecule has 0 aliphatic heterocycles. The van der Waals surface area contributed by atoms with E-state index in [0.717, 1.165) is 18.2 Å². The van der Waals surface area contributed by atoms with Gasteiger partial charge in [-0.25, -0.2) is 0 Å². The molecule has 0 aliphatic rings. The summed E-state index contributed by atoms with van der Waals surface area (Å²) in [6.07, 6.45) is 0.695. The number of nitro benzene ring substituents is 1. The Bertz CT molecular complexity index is 759. The zero-order valence-corrected chi connectivity index (χ0v) is 12.8. The summed E-state index contributed by atoms with van der Waals surface area (Å²) in [5.74, 6) is -0.982. The first-order chi connectivity index (χ1) is 11.5. The molecule has 124 valence electrons. The van der Waals surface area contributed by atoms with Gasteiger partial charge in [0.1, 0.15) is 5.75 Å². The molecule has 1 amide bonds. The number of nitro groups is 1. The summed E-state index contributed by atoms with van der Waals surface area (Å²) in [6, 6.07) is 12.1. The van der Waals surface area contributed by atoms with Gasteiger partial charge in [-0.2, -0.15) is 0 Å². The van der Waals surface area contributed by atoms with Crippen molar-refractivity contribution in [1.82, 2.24) is 5.32 Å². The molecule has 0 aromatic heterocycles. The molecule has 0 radical (unpaired) electrons. The van der Waals surface area contributed by atoms with Gasteiger partial charge in [0, 0.05) is 30.7 Å². The third-order valence-electron chi connectivity index (χ3n) is 3.40. The average molecular weight is 328 g/mol. The molecule has 0 bridgehead atoms. The topological polar surface area (TPSA) is 110 Å². The van der Waals surface area contributed by atoms with Crippen molar-refractivity contribution in [3.63, 3.8) is 0 Å². The van der Waals surface area contributed by atoms with Crippen LogP contribution in [0.15, 0.2) is 48.5 Å². The molecule has 0 fully saturated rings. The molecule has 0 unspecified atom stereocenters. The second-order valence-electron chi connectivity index (χ2n) is 5.11. The third kappa shape index (κ3) is 4.39. The van der Waals surface area contributed by atoms with Crippen molar-refractivity contribution in [3.05, 3.63) is 69.8 Å². The highest BCUT2D eigenvalue weighted by atomic mass is 16.6. The number of rotatable bonds is 7. The predicted octanol–water partition coefficient (Wildman–Crippen LogP) is 2.69. The maximum atomic E-state index is 12.0. The first kappa shape index (κ1) is 17.1. The second-order valence-corrected chi connectivity index (χ2v) is 5.11. The summed E-state index contributed by atoms with van der Waals surface area (Å²) in [7, 11) is 0. The standard InChI is InChI=1S/C17H16N2O5/c20-15(12-5-2-1-3-6-12)7-4-10-18-17(22)14-11-13(19(23)24)8-9-16(14)21/h1-3,5-6,8-9,11,21H,4,7,10H2,(H,18,22). The lowest BCUT2D eigenvalue weighted by Crippen LogP contribution is -2.25. The van der Waals surface area contributed by atoms with E-state index in [1.807, 2.05) is 6.07 Å². The van der Waals surface area contributed by atoms with E-state index in [0.29, 0.717) is 12.0 Å². The number of Topliss-reactive ketones (excluding diaryl/α,β-unsaturated/α-hetero) is 1. The molecule has 2 rings (SSSR count). The van der Waals surface area contributed by atoms with Crippen LogP contribution in [-0.2, 0) is 0 Å². The molecule has 0 aliphatic carbocycles. The number of phenols is 1. The van der Waals surface area contributed by atoms with Crippen LogP contribution in [-0.4, -0.2) is 28.3 Å². The smallest absolute Gasteiger partial charge is 0.270 e. The normalized spacial score (nSPS) is 10.2. The fraction of sp³-hybridized carbons (Fsp3) is 0.176. The van der Waals surface area contributed by atoms with Gasteiger partial charge in [-0.1, -0.05) is 30.3 Å². The molecule has 0 spiro atoms. The van der Waals surface area contributed by atoms with E-state index in [4.69, 9.17) is 0 Å². The van der Waals surface area contributed by atoms with Crippen molar-refractivity contribution < 1.29 is 19.6 Å². The minimum atomic E-state index is -0.644. The van der Waals surface area contributed by atoms with Crippen LogP contribution in [0.1, 0.15) is 33.6 Å². The SMILES string of the molecule is O=C(CCCNC(=O)c1cc([N+](=O)[O-])ccc1O)c1ccccc1. The fourth-order valence-corrected chi connectivity index (χ4v) is 2.13. The second kappa shape index (κ2) is 7.87. The van der Waals surface area contributed by atoms with E-state index in [-0.39, 0.29) is 35.7 Å². The van der Waals surface area contributed by atoms with Crippen LogP contribution in [0.25, 0.3) is 0 Å². The Morgan fingerprint density at radius 3 is 2.50 bits per heavy atom. The lowest BCUT2D eigenvalue weighted by Gasteiger charge is -2.07. The molecule has 0 heterocycles. The molecule has 7 heteroatoms. The first-order valence-corrected chi connectivity index (χ1v) is 7.33. The van der Waals surface area contributed by atoms with E-state index < -0.39 is 10.8 Å². The van der Waals surface area contributed by atoms with Crippen molar-refractivity contribution in [2.75, 3.05) is 6.54 Å².